The summed E-state index contributed by atoms with van der Waals surface area (Å²) in [5, 5.41) is 7.17. The molecule has 0 aliphatic heterocycles. The van der Waals surface area contributed by atoms with E-state index in [0.29, 0.717) is 5.11 Å². The highest BCUT2D eigenvalue weighted by Crippen LogP contribution is 2.28. The van der Waals surface area contributed by atoms with Crippen LogP contribution in [0.25, 0.3) is 0 Å². The number of benzene rings is 1. The summed E-state index contributed by atoms with van der Waals surface area (Å²) in [6.45, 7) is 6.69. The van der Waals surface area contributed by atoms with Crippen LogP contribution >= 0.6 is 12.2 Å². The van der Waals surface area contributed by atoms with Crippen LogP contribution in [-0.2, 0) is 5.41 Å². The fourth-order valence-electron chi connectivity index (χ4n) is 2.65. The molecule has 1 aromatic carbocycles. The van der Waals surface area contributed by atoms with Crippen molar-refractivity contribution in [3.8, 4) is 0 Å². The van der Waals surface area contributed by atoms with E-state index in [-0.39, 0.29) is 11.5 Å². The number of hydrogen-bond acceptors (Lipinski definition) is 2. The Bertz CT molecular complexity index is 596. The summed E-state index contributed by atoms with van der Waals surface area (Å²) in [5.41, 5.74) is 2.39. The molecule has 2 rings (SSSR count). The smallest absolute Gasteiger partial charge is 0.170 e. The van der Waals surface area contributed by atoms with Crippen LogP contribution in [0.5, 0.6) is 0 Å². The van der Waals surface area contributed by atoms with E-state index in [9.17, 15) is 0 Å². The van der Waals surface area contributed by atoms with Crippen molar-refractivity contribution in [2.45, 2.75) is 38.6 Å². The summed E-state index contributed by atoms with van der Waals surface area (Å²) in [4.78, 5) is 3.99. The zero-order valence-electron chi connectivity index (χ0n) is 13.3. The second-order valence-electron chi connectivity index (χ2n) is 6.19. The number of aromatic nitrogens is 1. The average Bonchev–Trinajstić information content (AvgIpc) is 2.48. The zero-order chi connectivity index (χ0) is 16.0. The maximum atomic E-state index is 5.38. The first-order chi connectivity index (χ1) is 10.5. The van der Waals surface area contributed by atoms with Crippen LogP contribution in [0, 0.1) is 0 Å². The van der Waals surface area contributed by atoms with Gasteiger partial charge in [0.25, 0.3) is 0 Å². The summed E-state index contributed by atoms with van der Waals surface area (Å²) in [6, 6.07) is 14.7. The molecule has 2 N–H and O–H groups in total. The van der Waals surface area contributed by atoms with Crippen molar-refractivity contribution in [1.82, 2.24) is 10.3 Å². The first-order valence-corrected chi connectivity index (χ1v) is 7.91. The van der Waals surface area contributed by atoms with Crippen molar-refractivity contribution >= 4 is 23.0 Å². The second-order valence-corrected chi connectivity index (χ2v) is 6.60. The molecule has 116 valence electrons. The molecule has 0 aliphatic rings. The topological polar surface area (TPSA) is 37.0 Å². The molecule has 0 radical (unpaired) electrons. The minimum Gasteiger partial charge on any atom is -0.360 e. The number of thiocarbonyl (C=S) groups is 1. The van der Waals surface area contributed by atoms with E-state index >= 15 is 0 Å². The van der Waals surface area contributed by atoms with Gasteiger partial charge in [-0.2, -0.15) is 0 Å². The predicted molar refractivity (Wildman–Crippen MR) is 97.1 cm³/mol. The van der Waals surface area contributed by atoms with E-state index in [1.54, 1.807) is 12.4 Å². The number of pyridine rings is 1. The van der Waals surface area contributed by atoms with E-state index < -0.39 is 0 Å². The van der Waals surface area contributed by atoms with Crippen molar-refractivity contribution in [1.29, 1.82) is 0 Å². The van der Waals surface area contributed by atoms with Gasteiger partial charge >= 0.3 is 0 Å². The van der Waals surface area contributed by atoms with Crippen molar-refractivity contribution in [2.24, 2.45) is 0 Å². The Morgan fingerprint density at radius 2 is 1.77 bits per heavy atom. The largest absolute Gasteiger partial charge is 0.360 e. The Morgan fingerprint density at radius 3 is 2.41 bits per heavy atom. The highest BCUT2D eigenvalue weighted by molar-refractivity contribution is 7.80. The van der Waals surface area contributed by atoms with E-state index in [4.69, 9.17) is 12.2 Å². The van der Waals surface area contributed by atoms with Gasteiger partial charge in [-0.3, -0.25) is 4.98 Å². The SMILES string of the molecule is CC(CC(C)(C)c1ccccc1)NC(=S)Nc1ccncc1. The molecule has 0 spiro atoms. The molecule has 0 saturated heterocycles. The Balaban J connectivity index is 1.89. The van der Waals surface area contributed by atoms with Crippen LogP contribution in [0.15, 0.2) is 54.9 Å². The van der Waals surface area contributed by atoms with Gasteiger partial charge in [-0.25, -0.2) is 0 Å². The van der Waals surface area contributed by atoms with Crippen LogP contribution in [0.1, 0.15) is 32.8 Å². The quantitative estimate of drug-likeness (QED) is 0.814. The van der Waals surface area contributed by atoms with Crippen LogP contribution in [0.3, 0.4) is 0 Å². The lowest BCUT2D eigenvalue weighted by molar-refractivity contribution is 0.420. The maximum absolute atomic E-state index is 5.38. The van der Waals surface area contributed by atoms with Crippen LogP contribution in [0.2, 0.25) is 0 Å². The van der Waals surface area contributed by atoms with Crippen molar-refractivity contribution in [2.75, 3.05) is 5.32 Å². The normalized spacial score (nSPS) is 12.5. The molecule has 0 aliphatic carbocycles. The van der Waals surface area contributed by atoms with Gasteiger partial charge in [0.1, 0.15) is 0 Å². The molecule has 1 heterocycles. The van der Waals surface area contributed by atoms with E-state index in [1.807, 2.05) is 12.1 Å². The third kappa shape index (κ3) is 4.81. The van der Waals surface area contributed by atoms with E-state index in [0.717, 1.165) is 12.1 Å². The summed E-state index contributed by atoms with van der Waals surface area (Å²) in [7, 11) is 0. The molecule has 1 atom stereocenters. The van der Waals surface area contributed by atoms with Gasteiger partial charge in [0.15, 0.2) is 5.11 Å². The number of rotatable bonds is 5. The first-order valence-electron chi connectivity index (χ1n) is 7.50. The van der Waals surface area contributed by atoms with Gasteiger partial charge in [0.2, 0.25) is 0 Å². The van der Waals surface area contributed by atoms with Gasteiger partial charge in [-0.1, -0.05) is 44.2 Å². The zero-order valence-corrected chi connectivity index (χ0v) is 14.2. The number of anilines is 1. The third-order valence-corrected chi connectivity index (χ3v) is 3.91. The molecule has 0 amide bonds. The maximum Gasteiger partial charge on any atom is 0.170 e. The van der Waals surface area contributed by atoms with Gasteiger partial charge in [0, 0.05) is 24.1 Å². The van der Waals surface area contributed by atoms with Gasteiger partial charge in [0.05, 0.1) is 0 Å². The summed E-state index contributed by atoms with van der Waals surface area (Å²) in [5.74, 6) is 0. The molecule has 1 aromatic heterocycles. The molecule has 0 bridgehead atoms. The number of hydrogen-bond donors (Lipinski definition) is 2. The molecule has 22 heavy (non-hydrogen) atoms. The van der Waals surface area contributed by atoms with Gasteiger partial charge in [-0.15, -0.1) is 0 Å². The summed E-state index contributed by atoms with van der Waals surface area (Å²) in [6.07, 6.45) is 4.48. The Labute approximate surface area is 138 Å². The molecule has 2 aromatic rings. The molecular weight excluding hydrogens is 290 g/mol. The van der Waals surface area contributed by atoms with E-state index in [1.165, 1.54) is 5.56 Å². The monoisotopic (exact) mass is 313 g/mol. The number of nitrogens with one attached hydrogen (secondary N) is 2. The van der Waals surface area contributed by atoms with Crippen LogP contribution < -0.4 is 10.6 Å². The molecule has 1 unspecified atom stereocenters. The third-order valence-electron chi connectivity index (χ3n) is 3.69. The van der Waals surface area contributed by atoms with Crippen LogP contribution in [0.4, 0.5) is 5.69 Å². The number of nitrogens with zero attached hydrogens (tertiary/aromatic N) is 1. The summed E-state index contributed by atoms with van der Waals surface area (Å²) < 4.78 is 0. The fourth-order valence-corrected chi connectivity index (χ4v) is 2.97. The average molecular weight is 313 g/mol. The Morgan fingerprint density at radius 1 is 1.14 bits per heavy atom. The minimum absolute atomic E-state index is 0.0972. The van der Waals surface area contributed by atoms with E-state index in [2.05, 4.69) is 66.7 Å². The highest BCUT2D eigenvalue weighted by Gasteiger charge is 2.23. The first kappa shape index (κ1) is 16.4. The molecular formula is C18H23N3S. The van der Waals surface area contributed by atoms with Crippen molar-refractivity contribution in [3.63, 3.8) is 0 Å². The standard InChI is InChI=1S/C18H23N3S/c1-14(13-18(2,3)15-7-5-4-6-8-15)20-17(22)21-16-9-11-19-12-10-16/h4-12,14H,13H2,1-3H3,(H2,19,20,21,22). The fraction of sp³-hybridized carbons (Fsp3) is 0.333. The van der Waals surface area contributed by atoms with Crippen LogP contribution in [-0.4, -0.2) is 16.1 Å². The van der Waals surface area contributed by atoms with Gasteiger partial charge in [-0.05, 0) is 48.7 Å². The van der Waals surface area contributed by atoms with Gasteiger partial charge < -0.3 is 10.6 Å². The lowest BCUT2D eigenvalue weighted by Crippen LogP contribution is -2.39. The molecule has 0 fully saturated rings. The predicted octanol–water partition coefficient (Wildman–Crippen LogP) is 4.12. The Kier molecular flexibility index (Phi) is 5.50. The molecule has 4 heteroatoms. The molecule has 0 saturated carbocycles. The Hall–Kier alpha value is -1.94. The lowest BCUT2D eigenvalue weighted by Gasteiger charge is -2.29. The summed E-state index contributed by atoms with van der Waals surface area (Å²) >= 11 is 5.38. The highest BCUT2D eigenvalue weighted by atomic mass is 32.1. The minimum atomic E-state index is 0.0972. The van der Waals surface area contributed by atoms with Crippen molar-refractivity contribution < 1.29 is 0 Å². The molecule has 3 nitrogen and oxygen atoms in total. The lowest BCUT2D eigenvalue weighted by atomic mass is 9.79. The van der Waals surface area contributed by atoms with Crippen molar-refractivity contribution in [3.05, 3.63) is 60.4 Å². The second kappa shape index (κ2) is 7.36.